The summed E-state index contributed by atoms with van der Waals surface area (Å²) in [5.74, 6) is 0. The lowest BCUT2D eigenvalue weighted by atomic mass is 10.0. The Kier molecular flexibility index (Phi) is 2.87. The van der Waals surface area contributed by atoms with E-state index < -0.39 is 6.43 Å². The van der Waals surface area contributed by atoms with Crippen LogP contribution in [-0.4, -0.2) is 6.04 Å². The van der Waals surface area contributed by atoms with E-state index in [2.05, 4.69) is 19.2 Å². The third kappa shape index (κ3) is 2.34. The van der Waals surface area contributed by atoms with E-state index in [1.165, 1.54) is 25.0 Å². The summed E-state index contributed by atoms with van der Waals surface area (Å²) in [5, 5.41) is 3.31. The molecule has 0 aromatic heterocycles. The van der Waals surface area contributed by atoms with Crippen molar-refractivity contribution < 1.29 is 8.78 Å². The Balaban J connectivity index is 2.06. The topological polar surface area (TPSA) is 12.0 Å². The van der Waals surface area contributed by atoms with Crippen LogP contribution in [0.15, 0.2) is 24.3 Å². The zero-order chi connectivity index (χ0) is 11.8. The second-order valence-electron chi connectivity index (χ2n) is 4.95. The minimum absolute atomic E-state index is 0.0816. The number of anilines is 1. The van der Waals surface area contributed by atoms with Crippen LogP contribution in [0.3, 0.4) is 0 Å². The Bertz CT molecular complexity index is 372. The van der Waals surface area contributed by atoms with E-state index in [0.717, 1.165) is 5.69 Å². The lowest BCUT2D eigenvalue weighted by Crippen LogP contribution is -2.24. The molecule has 88 valence electrons. The van der Waals surface area contributed by atoms with Crippen molar-refractivity contribution in [2.45, 2.75) is 39.2 Å². The minimum atomic E-state index is -2.39. The van der Waals surface area contributed by atoms with Crippen LogP contribution >= 0.6 is 0 Å². The molecule has 16 heavy (non-hydrogen) atoms. The molecule has 1 aliphatic carbocycles. The molecule has 0 saturated heterocycles. The highest BCUT2D eigenvalue weighted by atomic mass is 19.3. The van der Waals surface area contributed by atoms with Gasteiger partial charge in [0.2, 0.25) is 0 Å². The van der Waals surface area contributed by atoms with Gasteiger partial charge in [-0.2, -0.15) is 0 Å². The van der Waals surface area contributed by atoms with E-state index >= 15 is 0 Å². The molecule has 3 heteroatoms. The van der Waals surface area contributed by atoms with Crippen LogP contribution < -0.4 is 5.32 Å². The smallest absolute Gasteiger partial charge is 0.263 e. The quantitative estimate of drug-likeness (QED) is 0.808. The van der Waals surface area contributed by atoms with Crippen LogP contribution in [0, 0.1) is 5.41 Å². The van der Waals surface area contributed by atoms with Gasteiger partial charge < -0.3 is 5.32 Å². The molecule has 1 saturated carbocycles. The average molecular weight is 225 g/mol. The molecule has 0 bridgehead atoms. The predicted octanol–water partition coefficient (Wildman–Crippen LogP) is 4.22. The van der Waals surface area contributed by atoms with E-state index in [-0.39, 0.29) is 5.56 Å². The molecule has 0 amide bonds. The van der Waals surface area contributed by atoms with Gasteiger partial charge in [-0.3, -0.25) is 0 Å². The lowest BCUT2D eigenvalue weighted by molar-refractivity contribution is 0.151. The fourth-order valence-corrected chi connectivity index (χ4v) is 1.82. The highest BCUT2D eigenvalue weighted by Crippen LogP contribution is 2.48. The van der Waals surface area contributed by atoms with Crippen molar-refractivity contribution in [1.29, 1.82) is 0 Å². The van der Waals surface area contributed by atoms with Crippen molar-refractivity contribution in [3.63, 3.8) is 0 Å². The molecule has 0 spiro atoms. The Labute approximate surface area is 94.9 Å². The SMILES string of the molecule is CC(Nc1cccc(C(F)F)c1)C1(C)CC1. The van der Waals surface area contributed by atoms with E-state index in [0.29, 0.717) is 11.5 Å². The van der Waals surface area contributed by atoms with Crippen LogP contribution in [0.2, 0.25) is 0 Å². The molecule has 2 rings (SSSR count). The maximum Gasteiger partial charge on any atom is 0.263 e. The summed E-state index contributed by atoms with van der Waals surface area (Å²) < 4.78 is 25.0. The van der Waals surface area contributed by atoms with Crippen molar-refractivity contribution in [3.05, 3.63) is 29.8 Å². The fraction of sp³-hybridized carbons (Fsp3) is 0.538. The Morgan fingerprint density at radius 1 is 1.31 bits per heavy atom. The first-order chi connectivity index (χ1) is 7.51. The molecule has 1 aliphatic rings. The van der Waals surface area contributed by atoms with E-state index in [4.69, 9.17) is 0 Å². The fourth-order valence-electron chi connectivity index (χ4n) is 1.82. The second kappa shape index (κ2) is 4.04. The first kappa shape index (κ1) is 11.4. The van der Waals surface area contributed by atoms with Gasteiger partial charge >= 0.3 is 0 Å². The highest BCUT2D eigenvalue weighted by molar-refractivity contribution is 5.47. The average Bonchev–Trinajstić information content (AvgIpc) is 2.98. The molecule has 0 radical (unpaired) electrons. The third-order valence-electron chi connectivity index (χ3n) is 3.61. The largest absolute Gasteiger partial charge is 0.382 e. The summed E-state index contributed by atoms with van der Waals surface area (Å²) in [5.41, 5.74) is 1.22. The zero-order valence-electron chi connectivity index (χ0n) is 9.63. The van der Waals surface area contributed by atoms with Crippen molar-refractivity contribution in [2.24, 2.45) is 5.41 Å². The number of benzene rings is 1. The number of nitrogens with one attached hydrogen (secondary N) is 1. The van der Waals surface area contributed by atoms with E-state index in [1.54, 1.807) is 6.07 Å². The molecule has 0 heterocycles. The molecule has 1 aromatic carbocycles. The van der Waals surface area contributed by atoms with E-state index in [1.807, 2.05) is 6.07 Å². The van der Waals surface area contributed by atoms with Gasteiger partial charge in [-0.25, -0.2) is 8.78 Å². The number of alkyl halides is 2. The molecule has 0 aliphatic heterocycles. The summed E-state index contributed by atoms with van der Waals surface area (Å²) in [6.45, 7) is 4.34. The summed E-state index contributed by atoms with van der Waals surface area (Å²) in [4.78, 5) is 0. The van der Waals surface area contributed by atoms with Crippen molar-refractivity contribution in [1.82, 2.24) is 0 Å². The minimum Gasteiger partial charge on any atom is -0.382 e. The Hall–Kier alpha value is -1.12. The predicted molar refractivity (Wildman–Crippen MR) is 61.8 cm³/mol. The van der Waals surface area contributed by atoms with Gasteiger partial charge in [-0.15, -0.1) is 0 Å². The van der Waals surface area contributed by atoms with E-state index in [9.17, 15) is 8.78 Å². The first-order valence-electron chi connectivity index (χ1n) is 5.66. The van der Waals surface area contributed by atoms with Gasteiger partial charge in [0.1, 0.15) is 0 Å². The van der Waals surface area contributed by atoms with Gasteiger partial charge in [0.25, 0.3) is 6.43 Å². The Morgan fingerprint density at radius 2 is 2.00 bits per heavy atom. The Morgan fingerprint density at radius 3 is 2.56 bits per heavy atom. The van der Waals surface area contributed by atoms with Crippen LogP contribution in [-0.2, 0) is 0 Å². The van der Waals surface area contributed by atoms with Crippen LogP contribution in [0.1, 0.15) is 38.7 Å². The van der Waals surface area contributed by atoms with Crippen molar-refractivity contribution in [2.75, 3.05) is 5.32 Å². The normalized spacial score (nSPS) is 19.6. The monoisotopic (exact) mass is 225 g/mol. The van der Waals surface area contributed by atoms with Crippen molar-refractivity contribution >= 4 is 5.69 Å². The van der Waals surface area contributed by atoms with Gasteiger partial charge in [0, 0.05) is 17.3 Å². The molecular formula is C13H17F2N. The highest BCUT2D eigenvalue weighted by Gasteiger charge is 2.42. The van der Waals surface area contributed by atoms with Crippen molar-refractivity contribution in [3.8, 4) is 0 Å². The van der Waals surface area contributed by atoms with Gasteiger partial charge in [-0.1, -0.05) is 19.1 Å². The molecule has 1 unspecified atom stereocenters. The van der Waals surface area contributed by atoms with Gasteiger partial charge in [-0.05, 0) is 37.3 Å². The first-order valence-corrected chi connectivity index (χ1v) is 5.66. The molecule has 1 aromatic rings. The maximum atomic E-state index is 12.5. The summed E-state index contributed by atoms with van der Waals surface area (Å²) >= 11 is 0. The summed E-state index contributed by atoms with van der Waals surface area (Å²) in [6.07, 6.45) is 0.0411. The molecule has 1 nitrogen and oxygen atoms in total. The summed E-state index contributed by atoms with van der Waals surface area (Å²) in [7, 11) is 0. The van der Waals surface area contributed by atoms with Gasteiger partial charge in [0.15, 0.2) is 0 Å². The molecule has 1 fully saturated rings. The van der Waals surface area contributed by atoms with Crippen LogP contribution in [0.4, 0.5) is 14.5 Å². The third-order valence-corrected chi connectivity index (χ3v) is 3.61. The standard InChI is InChI=1S/C13H17F2N/c1-9(13(2)6-7-13)16-11-5-3-4-10(8-11)12(14)15/h3-5,8-9,12,16H,6-7H2,1-2H3. The zero-order valence-corrected chi connectivity index (χ0v) is 9.63. The molecule has 1 atom stereocenters. The number of halogens is 2. The molecular weight excluding hydrogens is 208 g/mol. The number of hydrogen-bond donors (Lipinski definition) is 1. The summed E-state index contributed by atoms with van der Waals surface area (Å²) in [6, 6.07) is 6.84. The van der Waals surface area contributed by atoms with Gasteiger partial charge in [0.05, 0.1) is 0 Å². The number of rotatable bonds is 4. The van der Waals surface area contributed by atoms with Crippen LogP contribution in [0.25, 0.3) is 0 Å². The lowest BCUT2D eigenvalue weighted by Gasteiger charge is -2.21. The van der Waals surface area contributed by atoms with Crippen LogP contribution in [0.5, 0.6) is 0 Å². The molecule has 1 N–H and O–H groups in total. The second-order valence-corrected chi connectivity index (χ2v) is 4.95. The maximum absolute atomic E-state index is 12.5. The number of hydrogen-bond acceptors (Lipinski definition) is 1.